The summed E-state index contributed by atoms with van der Waals surface area (Å²) in [7, 11) is 1.67. The van der Waals surface area contributed by atoms with E-state index in [-0.39, 0.29) is 0 Å². The molecule has 126 valence electrons. The van der Waals surface area contributed by atoms with Crippen molar-refractivity contribution in [2.24, 2.45) is 0 Å². The summed E-state index contributed by atoms with van der Waals surface area (Å²) in [5.74, 6) is 1.55. The first-order chi connectivity index (χ1) is 11.3. The van der Waals surface area contributed by atoms with Gasteiger partial charge in [-0.1, -0.05) is 12.1 Å². The summed E-state index contributed by atoms with van der Waals surface area (Å²) in [4.78, 5) is 1.20. The van der Waals surface area contributed by atoms with Crippen LogP contribution in [0.1, 0.15) is 23.8 Å². The highest BCUT2D eigenvalue weighted by Crippen LogP contribution is 2.29. The molecule has 0 radical (unpaired) electrons. The molecule has 0 amide bonds. The third kappa shape index (κ3) is 6.22. The van der Waals surface area contributed by atoms with Crippen molar-refractivity contribution in [2.45, 2.75) is 26.5 Å². The summed E-state index contributed by atoms with van der Waals surface area (Å²) in [6.45, 7) is 5.93. The summed E-state index contributed by atoms with van der Waals surface area (Å²) >= 11 is 1.69. The van der Waals surface area contributed by atoms with E-state index >= 15 is 0 Å². The number of nitrogens with one attached hydrogen (secondary N) is 1. The first-order valence-electron chi connectivity index (χ1n) is 7.94. The molecule has 0 aliphatic heterocycles. The lowest BCUT2D eigenvalue weighted by molar-refractivity contribution is 0.144. The van der Waals surface area contributed by atoms with Gasteiger partial charge in [-0.05, 0) is 49.0 Å². The maximum Gasteiger partial charge on any atom is 0.161 e. The van der Waals surface area contributed by atoms with Crippen LogP contribution in [-0.4, -0.2) is 26.9 Å². The Morgan fingerprint density at radius 2 is 2.09 bits per heavy atom. The van der Waals surface area contributed by atoms with Crippen LogP contribution >= 0.6 is 11.3 Å². The Labute approximate surface area is 142 Å². The second-order valence-corrected chi connectivity index (χ2v) is 6.11. The van der Waals surface area contributed by atoms with E-state index in [9.17, 15) is 0 Å². The van der Waals surface area contributed by atoms with Crippen LogP contribution in [0.25, 0.3) is 0 Å². The Morgan fingerprint density at radius 3 is 2.83 bits per heavy atom. The zero-order chi connectivity index (χ0) is 16.3. The molecule has 0 atom stereocenters. The maximum atomic E-state index is 5.85. The molecule has 0 unspecified atom stereocenters. The van der Waals surface area contributed by atoms with Crippen molar-refractivity contribution >= 4 is 11.3 Å². The van der Waals surface area contributed by atoms with Gasteiger partial charge in [-0.15, -0.1) is 11.3 Å². The summed E-state index contributed by atoms with van der Waals surface area (Å²) in [5, 5.41) is 5.46. The number of thiophene rings is 1. The summed E-state index contributed by atoms with van der Waals surface area (Å²) in [6, 6.07) is 10.2. The molecule has 1 aromatic heterocycles. The molecule has 23 heavy (non-hydrogen) atoms. The zero-order valence-corrected chi connectivity index (χ0v) is 14.7. The van der Waals surface area contributed by atoms with Crippen molar-refractivity contribution in [1.29, 1.82) is 0 Å². The predicted octanol–water partition coefficient (Wildman–Crippen LogP) is 3.85. The number of ether oxygens (including phenoxy) is 3. The van der Waals surface area contributed by atoms with Crippen LogP contribution in [0, 0.1) is 0 Å². The van der Waals surface area contributed by atoms with Crippen molar-refractivity contribution in [3.8, 4) is 11.5 Å². The molecule has 1 heterocycles. The van der Waals surface area contributed by atoms with Crippen molar-refractivity contribution in [1.82, 2.24) is 5.32 Å². The topological polar surface area (TPSA) is 39.7 Å². The van der Waals surface area contributed by atoms with Gasteiger partial charge in [0.2, 0.25) is 0 Å². The van der Waals surface area contributed by atoms with Gasteiger partial charge in [0.15, 0.2) is 11.5 Å². The lowest BCUT2D eigenvalue weighted by Gasteiger charge is -2.12. The smallest absolute Gasteiger partial charge is 0.161 e. The Morgan fingerprint density at radius 1 is 1.17 bits per heavy atom. The van der Waals surface area contributed by atoms with E-state index in [1.54, 1.807) is 18.4 Å². The van der Waals surface area contributed by atoms with E-state index in [1.807, 2.05) is 25.1 Å². The van der Waals surface area contributed by atoms with Gasteiger partial charge >= 0.3 is 0 Å². The van der Waals surface area contributed by atoms with Crippen LogP contribution in [0.4, 0.5) is 0 Å². The first kappa shape index (κ1) is 17.8. The highest BCUT2D eigenvalue weighted by atomic mass is 32.1. The molecular formula is C18H25NO3S. The Balaban J connectivity index is 1.81. The number of rotatable bonds is 11. The monoisotopic (exact) mass is 335 g/mol. The fourth-order valence-corrected chi connectivity index (χ4v) is 2.78. The minimum atomic E-state index is 0.572. The lowest BCUT2D eigenvalue weighted by atomic mass is 10.2. The third-order valence-corrected chi connectivity index (χ3v) is 4.20. The van der Waals surface area contributed by atoms with Gasteiger partial charge in [-0.3, -0.25) is 0 Å². The van der Waals surface area contributed by atoms with Crippen LogP contribution in [0.5, 0.6) is 11.5 Å². The van der Waals surface area contributed by atoms with Crippen LogP contribution in [-0.2, 0) is 17.9 Å². The van der Waals surface area contributed by atoms with Crippen LogP contribution in [0.3, 0.4) is 0 Å². The molecule has 5 heteroatoms. The van der Waals surface area contributed by atoms with E-state index in [0.717, 1.165) is 44.2 Å². The van der Waals surface area contributed by atoms with E-state index in [0.29, 0.717) is 6.61 Å². The zero-order valence-electron chi connectivity index (χ0n) is 13.8. The van der Waals surface area contributed by atoms with Crippen molar-refractivity contribution in [3.05, 3.63) is 46.2 Å². The number of hydrogen-bond acceptors (Lipinski definition) is 5. The van der Waals surface area contributed by atoms with Crippen LogP contribution in [0.15, 0.2) is 35.7 Å². The molecule has 0 fully saturated rings. The van der Waals surface area contributed by atoms with Crippen molar-refractivity contribution in [2.75, 3.05) is 26.9 Å². The van der Waals surface area contributed by atoms with E-state index < -0.39 is 0 Å². The van der Waals surface area contributed by atoms with Gasteiger partial charge in [0, 0.05) is 24.6 Å². The second kappa shape index (κ2) is 10.3. The Hall–Kier alpha value is -1.56. The molecule has 0 bridgehead atoms. The molecule has 2 rings (SSSR count). The van der Waals surface area contributed by atoms with E-state index in [1.165, 1.54) is 10.4 Å². The van der Waals surface area contributed by atoms with E-state index in [2.05, 4.69) is 22.8 Å². The minimum Gasteiger partial charge on any atom is -0.493 e. The van der Waals surface area contributed by atoms with Crippen LogP contribution < -0.4 is 14.8 Å². The quantitative estimate of drug-likeness (QED) is 0.633. The molecular weight excluding hydrogens is 310 g/mol. The van der Waals surface area contributed by atoms with Gasteiger partial charge in [0.25, 0.3) is 0 Å². The van der Waals surface area contributed by atoms with Gasteiger partial charge < -0.3 is 19.5 Å². The third-order valence-electron chi connectivity index (χ3n) is 3.35. The normalized spacial score (nSPS) is 10.7. The molecule has 0 saturated heterocycles. The second-order valence-electron chi connectivity index (χ2n) is 5.08. The molecule has 0 saturated carbocycles. The summed E-state index contributed by atoms with van der Waals surface area (Å²) < 4.78 is 16.6. The van der Waals surface area contributed by atoms with Gasteiger partial charge in [-0.25, -0.2) is 0 Å². The molecule has 1 N–H and O–H groups in total. The average Bonchev–Trinajstić information content (AvgIpc) is 3.10. The summed E-state index contributed by atoms with van der Waals surface area (Å²) in [5.41, 5.74) is 1.18. The number of benzene rings is 1. The van der Waals surface area contributed by atoms with E-state index in [4.69, 9.17) is 14.2 Å². The molecule has 0 spiro atoms. The van der Waals surface area contributed by atoms with Crippen molar-refractivity contribution < 1.29 is 14.2 Å². The predicted molar refractivity (Wildman–Crippen MR) is 94.5 cm³/mol. The highest BCUT2D eigenvalue weighted by Gasteiger charge is 2.06. The molecule has 1 aromatic carbocycles. The fourth-order valence-electron chi connectivity index (χ4n) is 2.16. The molecule has 4 nitrogen and oxygen atoms in total. The van der Waals surface area contributed by atoms with Crippen LogP contribution in [0.2, 0.25) is 0 Å². The van der Waals surface area contributed by atoms with Gasteiger partial charge in [-0.2, -0.15) is 0 Å². The largest absolute Gasteiger partial charge is 0.493 e. The molecule has 0 aliphatic rings. The SMILES string of the molecule is CCOCCCNCc1ccc(OCc2cccs2)c(OC)c1. The molecule has 2 aromatic rings. The number of hydrogen-bond donors (Lipinski definition) is 1. The molecule has 0 aliphatic carbocycles. The maximum absolute atomic E-state index is 5.85. The highest BCUT2D eigenvalue weighted by molar-refractivity contribution is 7.09. The van der Waals surface area contributed by atoms with Gasteiger partial charge in [0.1, 0.15) is 6.61 Å². The Bertz CT molecular complexity index is 557. The summed E-state index contributed by atoms with van der Waals surface area (Å²) in [6.07, 6.45) is 1.02. The number of methoxy groups -OCH3 is 1. The minimum absolute atomic E-state index is 0.572. The van der Waals surface area contributed by atoms with Crippen molar-refractivity contribution in [3.63, 3.8) is 0 Å². The first-order valence-corrected chi connectivity index (χ1v) is 8.82. The average molecular weight is 335 g/mol. The fraction of sp³-hybridized carbons (Fsp3) is 0.444. The van der Waals surface area contributed by atoms with Gasteiger partial charge in [0.05, 0.1) is 7.11 Å². The lowest BCUT2D eigenvalue weighted by Crippen LogP contribution is -2.16. The Kier molecular flexibility index (Phi) is 7.93. The standard InChI is InChI=1S/C18H25NO3S/c1-3-21-10-5-9-19-13-15-7-8-17(18(12-15)20-2)22-14-16-6-4-11-23-16/h4,6-8,11-12,19H,3,5,9-10,13-14H2,1-2H3.